The van der Waals surface area contributed by atoms with Crippen LogP contribution in [-0.2, 0) is 57.8 Å². The molecule has 5 aliphatic rings. The number of amides is 4. The molecule has 0 bridgehead atoms. The second kappa shape index (κ2) is 40.6. The van der Waals surface area contributed by atoms with E-state index < -0.39 is 118 Å². The van der Waals surface area contributed by atoms with Gasteiger partial charge in [0, 0.05) is 88.8 Å². The summed E-state index contributed by atoms with van der Waals surface area (Å²) in [6.07, 6.45) is 3.08. The highest BCUT2D eigenvalue weighted by molar-refractivity contribution is 6.02. The average molecular weight is 1620 g/mol. The van der Waals surface area contributed by atoms with Crippen LogP contribution in [0.2, 0.25) is 0 Å². The number of imide groups is 2. The minimum atomic E-state index is -1.13. The number of cyclic esters (lactones) is 2. The summed E-state index contributed by atoms with van der Waals surface area (Å²) in [6.45, 7) is 5.03. The first-order chi connectivity index (χ1) is 56.8. The van der Waals surface area contributed by atoms with Gasteiger partial charge in [-0.1, -0.05) is 182 Å². The van der Waals surface area contributed by atoms with E-state index in [1.54, 1.807) is 30.3 Å². The number of hydrogen-bond acceptors (Lipinski definition) is 13. The van der Waals surface area contributed by atoms with Gasteiger partial charge in [-0.15, -0.1) is 0 Å². The molecule has 17 nitrogen and oxygen atoms in total. The summed E-state index contributed by atoms with van der Waals surface area (Å²) in [6, 6.07) is 64.5. The van der Waals surface area contributed by atoms with Crippen molar-refractivity contribution in [3.63, 3.8) is 0 Å². The average Bonchev–Trinajstić information content (AvgIpc) is 1.61. The van der Waals surface area contributed by atoms with Gasteiger partial charge in [-0.05, 0) is 128 Å². The number of halogens is 10. The number of carboxylic acids is 2. The number of hydrogen-bond donors (Lipinski definition) is 2. The Kier molecular flexibility index (Phi) is 29.6. The topological polar surface area (TPSA) is 204 Å². The second-order valence-corrected chi connectivity index (χ2v) is 28.3. The third-order valence-corrected chi connectivity index (χ3v) is 20.5. The molecule has 27 heteroatoms. The van der Waals surface area contributed by atoms with E-state index in [9.17, 15) is 82.6 Å². The zero-order chi connectivity index (χ0) is 84.1. The molecule has 5 heterocycles. The van der Waals surface area contributed by atoms with Crippen molar-refractivity contribution in [2.45, 2.75) is 49.5 Å². The van der Waals surface area contributed by atoms with Crippen LogP contribution in [0.4, 0.5) is 53.5 Å². The lowest BCUT2D eigenvalue weighted by molar-refractivity contribution is -0.145. The summed E-state index contributed by atoms with van der Waals surface area (Å²) in [7, 11) is 1.35. The normalized spacial score (nSPS) is 19.7. The Balaban J connectivity index is 0.000000149. The molecule has 5 saturated heterocycles. The Morgan fingerprint density at radius 2 is 0.695 bits per heavy atom. The van der Waals surface area contributed by atoms with E-state index in [2.05, 4.69) is 9.80 Å². The maximum absolute atomic E-state index is 14.1. The van der Waals surface area contributed by atoms with Crippen LogP contribution in [0.3, 0.4) is 0 Å². The first-order valence-electron chi connectivity index (χ1n) is 37.3. The fraction of sp³-hybridized carbons (Fsp3) is 0.220. The van der Waals surface area contributed by atoms with Crippen molar-refractivity contribution in [3.05, 3.63) is 369 Å². The highest BCUT2D eigenvalue weighted by Gasteiger charge is 2.48. The molecule has 0 radical (unpaired) electrons. The molecule has 5 fully saturated rings. The third-order valence-electron chi connectivity index (χ3n) is 20.5. The lowest BCUT2D eigenvalue weighted by Crippen LogP contribution is -2.41. The monoisotopic (exact) mass is 1620 g/mol. The van der Waals surface area contributed by atoms with E-state index in [0.29, 0.717) is 86.7 Å². The van der Waals surface area contributed by atoms with Crippen molar-refractivity contribution in [2.75, 3.05) is 59.6 Å². The number of carboxylic acid groups (broad SMARTS) is 2. The molecular weight excluding hydrogens is 1550 g/mol. The van der Waals surface area contributed by atoms with Crippen LogP contribution >= 0.6 is 0 Å². The van der Waals surface area contributed by atoms with Gasteiger partial charge >= 0.3 is 30.1 Å². The highest BCUT2D eigenvalue weighted by Crippen LogP contribution is 2.41. The molecule has 10 aromatic rings. The fourth-order valence-corrected chi connectivity index (χ4v) is 14.7. The molecule has 5 aliphatic heterocycles. The van der Waals surface area contributed by atoms with E-state index in [1.807, 2.05) is 132 Å². The fourth-order valence-electron chi connectivity index (χ4n) is 14.7. The van der Waals surface area contributed by atoms with Crippen LogP contribution in [0.1, 0.15) is 85.5 Å². The predicted octanol–water partition coefficient (Wildman–Crippen LogP) is 17.3. The number of carbonyl (C=O) groups excluding carboxylic acids is 5. The molecule has 10 aromatic carbocycles. The van der Waals surface area contributed by atoms with Gasteiger partial charge < -0.3 is 24.4 Å². The molecule has 0 saturated carbocycles. The Labute approximate surface area is 672 Å². The molecule has 0 spiro atoms. The minimum Gasteiger partial charge on any atom is -0.481 e. The number of aliphatic carboxylic acids is 2. The molecule has 118 heavy (non-hydrogen) atoms. The van der Waals surface area contributed by atoms with Gasteiger partial charge in [0.2, 0.25) is 5.91 Å². The van der Waals surface area contributed by atoms with E-state index in [0.717, 1.165) is 99.5 Å². The first kappa shape index (κ1) is 86.0. The van der Waals surface area contributed by atoms with Crippen molar-refractivity contribution in [3.8, 4) is 0 Å². The summed E-state index contributed by atoms with van der Waals surface area (Å²) in [5, 5.41) is 17.7. The number of rotatable bonds is 18. The quantitative estimate of drug-likeness (QED) is 0.0355. The van der Waals surface area contributed by atoms with Crippen LogP contribution < -0.4 is 0 Å². The summed E-state index contributed by atoms with van der Waals surface area (Å²) in [5.74, 6) is -15.3. The second-order valence-electron chi connectivity index (χ2n) is 28.3. The standard InChI is InChI=1S/C27H24F2N2O3.C19H19F2NO2.C18H13F2NO3.C18H17F2NO2.C9H6F2O2/c28-23-12-11-20(13-24(23)29)21-15-30(14-18-7-3-1-4-8-18)16-22(21)26(32)31-25(17-34-27(31)33)19-9-5-2-6-10-19;1-24-19(23)16-12-22(10-13-5-3-2-4-6-13)11-15(16)14-7-8-17(20)18(21)9-14;19-14-8-6-12(10-15(14)20)7-9-17(22)21-16(11-24-18(21)23)13-4-2-1-3-5-13;19-16-7-6-13(8-17(16)20)14-10-21(11-15(14)18(22)23)9-12-4-2-1-3-5-12;10-7-3-1-6(5-8(7)11)2-4-9(12)13/h1-13,21-22,25H,14-17H2;2-9,15-16H,10-12H2,1H3;1-10,16H,11H2;1-8,14-15H,9-11H2,(H,22,23);1-5H,(H,12,13)/b;;9-7+;;4-2+/t21-,22+,25-;15-,16+;16-;14-,15+;/m0000./s1. The van der Waals surface area contributed by atoms with E-state index in [1.165, 1.54) is 54.5 Å². The first-order valence-corrected chi connectivity index (χ1v) is 37.3. The summed E-state index contributed by atoms with van der Waals surface area (Å²) in [4.78, 5) is 92.9. The van der Waals surface area contributed by atoms with Crippen molar-refractivity contribution in [1.29, 1.82) is 0 Å². The third kappa shape index (κ3) is 22.6. The Morgan fingerprint density at radius 3 is 1.06 bits per heavy atom. The number of esters is 1. The Bertz CT molecular complexity index is 5240. The van der Waals surface area contributed by atoms with Crippen molar-refractivity contribution < 1.29 is 102 Å². The lowest BCUT2D eigenvalue weighted by Gasteiger charge is -2.26. The minimum absolute atomic E-state index is 0.0770. The SMILES string of the molecule is COC(=O)[C@@H]1CN(Cc2ccccc2)C[C@H]1c1ccc(F)c(F)c1.O=C(/C=C/c1ccc(F)c(F)c1)N1C(=O)OC[C@H]1c1ccccc1.O=C(O)/C=C/c1ccc(F)c(F)c1.O=C(O)[C@@H]1CN(Cc2ccccc2)C[C@H]1c1ccc(F)c(F)c1.O=C1OC[C@@H](c2ccccc2)N1C(=O)[C@@H]1CN(Cc2ccccc2)C[C@H]1c1ccc(F)c(F)c1. The summed E-state index contributed by atoms with van der Waals surface area (Å²) in [5.41, 5.74) is 7.23. The zero-order valence-electron chi connectivity index (χ0n) is 63.3. The molecular formula is C91H79F10N5O12. The zero-order valence-corrected chi connectivity index (χ0v) is 63.3. The molecule has 0 aliphatic carbocycles. The molecule has 15 rings (SSSR count). The van der Waals surface area contributed by atoms with Gasteiger partial charge in [0.15, 0.2) is 58.2 Å². The lowest BCUT2D eigenvalue weighted by atomic mass is 9.87. The number of benzene rings is 10. The maximum Gasteiger partial charge on any atom is 0.417 e. The summed E-state index contributed by atoms with van der Waals surface area (Å²) < 4.78 is 147. The smallest absolute Gasteiger partial charge is 0.417 e. The van der Waals surface area contributed by atoms with Crippen LogP contribution in [0.15, 0.2) is 255 Å². The summed E-state index contributed by atoms with van der Waals surface area (Å²) >= 11 is 0. The molecule has 8 atom stereocenters. The Hall–Kier alpha value is -12.9. The molecule has 2 N–H and O–H groups in total. The number of ether oxygens (including phenoxy) is 3. The molecule has 0 aromatic heterocycles. The van der Waals surface area contributed by atoms with Crippen LogP contribution in [0.5, 0.6) is 0 Å². The maximum atomic E-state index is 14.1. The molecule has 4 amide bonds. The van der Waals surface area contributed by atoms with E-state index in [-0.39, 0.29) is 42.8 Å². The van der Waals surface area contributed by atoms with Crippen molar-refractivity contribution >= 4 is 54.1 Å². The largest absolute Gasteiger partial charge is 0.481 e. The number of nitrogens with zero attached hydrogens (tertiary/aromatic N) is 5. The van der Waals surface area contributed by atoms with E-state index in [4.69, 9.17) is 19.3 Å². The highest BCUT2D eigenvalue weighted by atomic mass is 19.2. The van der Waals surface area contributed by atoms with Crippen LogP contribution in [0.25, 0.3) is 12.2 Å². The molecule has 610 valence electrons. The van der Waals surface area contributed by atoms with E-state index >= 15 is 0 Å². The van der Waals surface area contributed by atoms with Gasteiger partial charge in [-0.25, -0.2) is 68.1 Å². The van der Waals surface area contributed by atoms with Gasteiger partial charge in [0.1, 0.15) is 25.3 Å². The van der Waals surface area contributed by atoms with Gasteiger partial charge in [0.05, 0.1) is 24.9 Å². The van der Waals surface area contributed by atoms with Crippen LogP contribution in [-0.4, -0.2) is 136 Å². The Morgan fingerprint density at radius 1 is 0.373 bits per heavy atom. The van der Waals surface area contributed by atoms with Gasteiger partial charge in [-0.3, -0.25) is 33.9 Å². The van der Waals surface area contributed by atoms with Gasteiger partial charge in [0.25, 0.3) is 5.91 Å². The number of methoxy groups -OCH3 is 1. The van der Waals surface area contributed by atoms with Crippen molar-refractivity contribution in [2.24, 2.45) is 17.8 Å². The van der Waals surface area contributed by atoms with Crippen LogP contribution in [0, 0.1) is 75.9 Å². The predicted molar refractivity (Wildman–Crippen MR) is 416 cm³/mol. The number of carbonyl (C=O) groups is 7. The molecule has 0 unspecified atom stereocenters. The van der Waals surface area contributed by atoms with Gasteiger partial charge in [-0.2, -0.15) is 0 Å². The van der Waals surface area contributed by atoms with Crippen molar-refractivity contribution in [1.82, 2.24) is 24.5 Å². The number of likely N-dealkylation sites (tertiary alicyclic amines) is 3.